The lowest BCUT2D eigenvalue weighted by Crippen LogP contribution is -2.38. The first kappa shape index (κ1) is 12.9. The summed E-state index contributed by atoms with van der Waals surface area (Å²) in [5, 5.41) is 12.0. The van der Waals surface area contributed by atoms with E-state index in [1.165, 1.54) is 0 Å². The van der Waals surface area contributed by atoms with E-state index in [1.807, 2.05) is 24.3 Å². The number of rotatable bonds is 5. The Morgan fingerprint density at radius 2 is 2.06 bits per heavy atom. The molecule has 2 N–H and O–H groups in total. The Morgan fingerprint density at radius 1 is 1.44 bits per heavy atom. The highest BCUT2D eigenvalue weighted by molar-refractivity contribution is 5.91. The molecule has 1 aliphatic rings. The van der Waals surface area contributed by atoms with Crippen LogP contribution in [-0.4, -0.2) is 30.8 Å². The van der Waals surface area contributed by atoms with E-state index in [0.717, 1.165) is 24.2 Å². The molecule has 1 atom stereocenters. The van der Waals surface area contributed by atoms with Crippen molar-refractivity contribution in [2.24, 2.45) is 0 Å². The molecule has 1 amide bonds. The largest absolute Gasteiger partial charge is 0.497 e. The lowest BCUT2D eigenvalue weighted by Gasteiger charge is -2.16. The Balaban J connectivity index is 2.08. The molecule has 0 bridgehead atoms. The molecule has 1 aliphatic carbocycles. The van der Waals surface area contributed by atoms with Gasteiger partial charge >= 0.3 is 0 Å². The third-order valence-corrected chi connectivity index (χ3v) is 3.39. The molecule has 0 aromatic heterocycles. The van der Waals surface area contributed by atoms with Crippen molar-refractivity contribution < 1.29 is 14.6 Å². The van der Waals surface area contributed by atoms with Gasteiger partial charge in [0.1, 0.15) is 5.75 Å². The zero-order valence-electron chi connectivity index (χ0n) is 10.8. The molecule has 1 saturated carbocycles. The van der Waals surface area contributed by atoms with Gasteiger partial charge in [-0.2, -0.15) is 0 Å². The lowest BCUT2D eigenvalue weighted by molar-refractivity contribution is -0.124. The number of ether oxygens (including phenoxy) is 1. The van der Waals surface area contributed by atoms with E-state index in [-0.39, 0.29) is 11.3 Å². The number of hydrogen-bond donors (Lipinski definition) is 2. The highest BCUT2D eigenvalue weighted by atomic mass is 16.5. The average Bonchev–Trinajstić information content (AvgIpc) is 3.17. The summed E-state index contributed by atoms with van der Waals surface area (Å²) in [5.74, 6) is 0.799. The number of amides is 1. The van der Waals surface area contributed by atoms with Gasteiger partial charge in [-0.05, 0) is 37.5 Å². The summed E-state index contributed by atoms with van der Waals surface area (Å²) in [4.78, 5) is 12.1. The Hall–Kier alpha value is -1.55. The molecular weight excluding hydrogens is 230 g/mol. The topological polar surface area (TPSA) is 58.6 Å². The first-order valence-corrected chi connectivity index (χ1v) is 6.19. The first-order valence-electron chi connectivity index (χ1n) is 6.19. The molecule has 98 valence electrons. The molecular formula is C14H19NO3. The zero-order chi connectivity index (χ0) is 13.2. The van der Waals surface area contributed by atoms with Crippen LogP contribution in [0.25, 0.3) is 0 Å². The molecule has 0 aliphatic heterocycles. The van der Waals surface area contributed by atoms with Crippen molar-refractivity contribution in [2.75, 3.05) is 13.7 Å². The third-order valence-electron chi connectivity index (χ3n) is 3.39. The van der Waals surface area contributed by atoms with Gasteiger partial charge < -0.3 is 15.2 Å². The van der Waals surface area contributed by atoms with Crippen molar-refractivity contribution in [1.82, 2.24) is 5.32 Å². The minimum atomic E-state index is -0.513. The first-order chi connectivity index (χ1) is 8.58. The van der Waals surface area contributed by atoms with E-state index in [0.29, 0.717) is 6.54 Å². The minimum Gasteiger partial charge on any atom is -0.497 e. The maximum absolute atomic E-state index is 12.1. The molecule has 0 heterocycles. The summed E-state index contributed by atoms with van der Waals surface area (Å²) in [6, 6.07) is 7.62. The number of hydrogen-bond acceptors (Lipinski definition) is 3. The Labute approximate surface area is 107 Å². The number of carbonyl (C=O) groups excluding carboxylic acids is 1. The van der Waals surface area contributed by atoms with Gasteiger partial charge in [-0.25, -0.2) is 0 Å². The van der Waals surface area contributed by atoms with Crippen molar-refractivity contribution in [3.63, 3.8) is 0 Å². The standard InChI is InChI=1S/C14H19NO3/c1-10(16)9-15-13(17)14(7-8-14)11-3-5-12(18-2)6-4-11/h3-6,10,16H,7-9H2,1-2H3,(H,15,17). The van der Waals surface area contributed by atoms with Crippen LogP contribution in [0.4, 0.5) is 0 Å². The highest BCUT2D eigenvalue weighted by Gasteiger charge is 2.51. The normalized spacial score (nSPS) is 17.9. The third kappa shape index (κ3) is 2.48. The molecule has 0 saturated heterocycles. The van der Waals surface area contributed by atoms with Crippen LogP contribution in [0.2, 0.25) is 0 Å². The molecule has 1 fully saturated rings. The molecule has 0 spiro atoms. The quantitative estimate of drug-likeness (QED) is 0.825. The number of aliphatic hydroxyl groups is 1. The van der Waals surface area contributed by atoms with E-state index in [4.69, 9.17) is 4.74 Å². The van der Waals surface area contributed by atoms with Crippen LogP contribution in [0, 0.1) is 0 Å². The number of benzene rings is 1. The molecule has 18 heavy (non-hydrogen) atoms. The van der Waals surface area contributed by atoms with Gasteiger partial charge in [0.15, 0.2) is 0 Å². The second-order valence-corrected chi connectivity index (χ2v) is 4.87. The predicted octanol–water partition coefficient (Wildman–Crippen LogP) is 1.22. The van der Waals surface area contributed by atoms with Gasteiger partial charge in [0, 0.05) is 6.54 Å². The van der Waals surface area contributed by atoms with E-state index in [1.54, 1.807) is 14.0 Å². The Kier molecular flexibility index (Phi) is 3.57. The van der Waals surface area contributed by atoms with Crippen LogP contribution >= 0.6 is 0 Å². The molecule has 4 nitrogen and oxygen atoms in total. The fourth-order valence-corrected chi connectivity index (χ4v) is 2.09. The average molecular weight is 249 g/mol. The van der Waals surface area contributed by atoms with Crippen molar-refractivity contribution in [1.29, 1.82) is 0 Å². The smallest absolute Gasteiger partial charge is 0.230 e. The fraction of sp³-hybridized carbons (Fsp3) is 0.500. The summed E-state index contributed by atoms with van der Waals surface area (Å²) in [7, 11) is 1.62. The minimum absolute atomic E-state index is 0.00793. The lowest BCUT2D eigenvalue weighted by atomic mass is 9.95. The van der Waals surface area contributed by atoms with Crippen LogP contribution < -0.4 is 10.1 Å². The van der Waals surface area contributed by atoms with Gasteiger partial charge in [-0.3, -0.25) is 4.79 Å². The summed E-state index contributed by atoms with van der Waals surface area (Å²) in [6.45, 7) is 1.96. The number of carbonyl (C=O) groups is 1. The van der Waals surface area contributed by atoms with Crippen LogP contribution in [0.15, 0.2) is 24.3 Å². The number of methoxy groups -OCH3 is 1. The van der Waals surface area contributed by atoms with Crippen LogP contribution in [0.1, 0.15) is 25.3 Å². The van der Waals surface area contributed by atoms with Gasteiger partial charge in [-0.1, -0.05) is 12.1 Å². The Bertz CT molecular complexity index is 421. The van der Waals surface area contributed by atoms with Crippen molar-refractivity contribution >= 4 is 5.91 Å². The molecule has 0 radical (unpaired) electrons. The molecule has 1 unspecified atom stereocenters. The Morgan fingerprint density at radius 3 is 2.50 bits per heavy atom. The van der Waals surface area contributed by atoms with E-state index >= 15 is 0 Å². The molecule has 1 aromatic rings. The molecule has 4 heteroatoms. The van der Waals surface area contributed by atoms with Gasteiger partial charge in [0.25, 0.3) is 0 Å². The van der Waals surface area contributed by atoms with Gasteiger partial charge in [0.05, 0.1) is 18.6 Å². The van der Waals surface area contributed by atoms with Crippen LogP contribution in [-0.2, 0) is 10.2 Å². The maximum atomic E-state index is 12.1. The second kappa shape index (κ2) is 4.98. The number of aliphatic hydroxyl groups excluding tert-OH is 1. The van der Waals surface area contributed by atoms with Crippen LogP contribution in [0.3, 0.4) is 0 Å². The molecule has 1 aromatic carbocycles. The van der Waals surface area contributed by atoms with Crippen LogP contribution in [0.5, 0.6) is 5.75 Å². The van der Waals surface area contributed by atoms with E-state index < -0.39 is 6.10 Å². The summed E-state index contributed by atoms with van der Waals surface area (Å²) < 4.78 is 5.11. The predicted molar refractivity (Wildman–Crippen MR) is 68.6 cm³/mol. The summed E-state index contributed by atoms with van der Waals surface area (Å²) >= 11 is 0. The SMILES string of the molecule is COc1ccc(C2(C(=O)NCC(C)O)CC2)cc1. The monoisotopic (exact) mass is 249 g/mol. The summed E-state index contributed by atoms with van der Waals surface area (Å²) in [6.07, 6.45) is 1.22. The second-order valence-electron chi connectivity index (χ2n) is 4.87. The molecule has 2 rings (SSSR count). The van der Waals surface area contributed by atoms with E-state index in [9.17, 15) is 9.90 Å². The van der Waals surface area contributed by atoms with Crippen molar-refractivity contribution in [3.8, 4) is 5.75 Å². The zero-order valence-corrected chi connectivity index (χ0v) is 10.8. The van der Waals surface area contributed by atoms with Crippen molar-refractivity contribution in [2.45, 2.75) is 31.3 Å². The highest BCUT2D eigenvalue weighted by Crippen LogP contribution is 2.48. The maximum Gasteiger partial charge on any atom is 0.230 e. The van der Waals surface area contributed by atoms with Crippen molar-refractivity contribution in [3.05, 3.63) is 29.8 Å². The number of nitrogens with one attached hydrogen (secondary N) is 1. The van der Waals surface area contributed by atoms with E-state index in [2.05, 4.69) is 5.32 Å². The summed E-state index contributed by atoms with van der Waals surface area (Å²) in [5.41, 5.74) is 0.632. The fourth-order valence-electron chi connectivity index (χ4n) is 2.09. The van der Waals surface area contributed by atoms with Gasteiger partial charge in [0.2, 0.25) is 5.91 Å². The van der Waals surface area contributed by atoms with Gasteiger partial charge in [-0.15, -0.1) is 0 Å².